The molecule has 0 fully saturated rings. The summed E-state index contributed by atoms with van der Waals surface area (Å²) in [6.07, 6.45) is 3.02. The van der Waals surface area contributed by atoms with E-state index in [2.05, 4.69) is 4.98 Å². The van der Waals surface area contributed by atoms with Gasteiger partial charge in [0, 0.05) is 18.7 Å². The molecule has 0 saturated carbocycles. The normalized spacial score (nSPS) is 14.6. The molecule has 3 heteroatoms. The Morgan fingerprint density at radius 3 is 2.83 bits per heavy atom. The van der Waals surface area contributed by atoms with Crippen LogP contribution in [0.5, 0.6) is 0 Å². The van der Waals surface area contributed by atoms with Crippen molar-refractivity contribution in [1.29, 1.82) is 0 Å². The topological polar surface area (TPSA) is 42.4 Å². The fraction of sp³-hybridized carbons (Fsp3) is 0.400. The predicted octanol–water partition coefficient (Wildman–Crippen LogP) is 3.08. The van der Waals surface area contributed by atoms with Crippen molar-refractivity contribution in [3.63, 3.8) is 0 Å². The van der Waals surface area contributed by atoms with Crippen molar-refractivity contribution in [2.75, 3.05) is 7.11 Å². The van der Waals surface area contributed by atoms with Crippen molar-refractivity contribution in [3.8, 4) is 0 Å². The fourth-order valence-corrected chi connectivity index (χ4v) is 2.08. The van der Waals surface area contributed by atoms with E-state index in [-0.39, 0.29) is 6.10 Å². The average molecular weight is 245 g/mol. The van der Waals surface area contributed by atoms with Crippen LogP contribution < -0.4 is 0 Å². The third-order valence-corrected chi connectivity index (χ3v) is 3.29. The lowest BCUT2D eigenvalue weighted by atomic mass is 9.99. The number of hydrogen-bond donors (Lipinski definition) is 1. The van der Waals surface area contributed by atoms with Gasteiger partial charge >= 0.3 is 0 Å². The highest BCUT2D eigenvalue weighted by molar-refractivity contribution is 5.82. The summed E-state index contributed by atoms with van der Waals surface area (Å²) in [5.74, 6) is 0. The molecular weight excluding hydrogens is 226 g/mol. The first-order valence-electron chi connectivity index (χ1n) is 6.27. The van der Waals surface area contributed by atoms with Crippen LogP contribution in [0.25, 0.3) is 10.9 Å². The van der Waals surface area contributed by atoms with Gasteiger partial charge in [-0.2, -0.15) is 0 Å². The molecule has 0 saturated heterocycles. The molecule has 2 unspecified atom stereocenters. The minimum atomic E-state index is -0.463. The first kappa shape index (κ1) is 13.0. The Labute approximate surface area is 107 Å². The zero-order valence-electron chi connectivity index (χ0n) is 10.8. The number of methoxy groups -OCH3 is 1. The second-order valence-electron chi connectivity index (χ2n) is 4.56. The molecule has 18 heavy (non-hydrogen) atoms. The summed E-state index contributed by atoms with van der Waals surface area (Å²) >= 11 is 0. The molecule has 0 radical (unpaired) electrons. The number of aliphatic hydroxyl groups excluding tert-OH is 1. The quantitative estimate of drug-likeness (QED) is 0.880. The number of benzene rings is 1. The molecule has 1 aromatic heterocycles. The molecule has 2 rings (SSSR count). The van der Waals surface area contributed by atoms with Crippen LogP contribution in [-0.2, 0) is 4.74 Å². The molecule has 0 aliphatic carbocycles. The van der Waals surface area contributed by atoms with Gasteiger partial charge in [0.15, 0.2) is 0 Å². The van der Waals surface area contributed by atoms with E-state index in [0.717, 1.165) is 22.9 Å². The fourth-order valence-electron chi connectivity index (χ4n) is 2.08. The van der Waals surface area contributed by atoms with Gasteiger partial charge in [0.05, 0.1) is 17.7 Å². The minimum absolute atomic E-state index is 0.174. The van der Waals surface area contributed by atoms with Gasteiger partial charge in [-0.05, 0) is 37.5 Å². The number of pyridine rings is 1. The maximum atomic E-state index is 10.3. The molecular formula is C15H19NO2. The molecule has 1 aromatic carbocycles. The van der Waals surface area contributed by atoms with Gasteiger partial charge in [-0.15, -0.1) is 0 Å². The third kappa shape index (κ3) is 2.86. The lowest BCUT2D eigenvalue weighted by Crippen LogP contribution is -2.08. The Kier molecular flexibility index (Phi) is 4.28. The summed E-state index contributed by atoms with van der Waals surface area (Å²) in [6.45, 7) is 2.01. The number of aliphatic hydroxyl groups is 1. The Hall–Kier alpha value is -1.45. The van der Waals surface area contributed by atoms with Gasteiger partial charge in [-0.1, -0.05) is 18.2 Å². The van der Waals surface area contributed by atoms with E-state index in [0.29, 0.717) is 6.42 Å². The van der Waals surface area contributed by atoms with E-state index < -0.39 is 6.10 Å². The van der Waals surface area contributed by atoms with Gasteiger partial charge < -0.3 is 9.84 Å². The van der Waals surface area contributed by atoms with Gasteiger partial charge in [-0.25, -0.2) is 0 Å². The van der Waals surface area contributed by atoms with Crippen LogP contribution in [0.15, 0.2) is 36.5 Å². The van der Waals surface area contributed by atoms with Crippen molar-refractivity contribution >= 4 is 10.9 Å². The molecule has 1 heterocycles. The van der Waals surface area contributed by atoms with Crippen molar-refractivity contribution in [3.05, 3.63) is 42.1 Å². The van der Waals surface area contributed by atoms with Crippen molar-refractivity contribution < 1.29 is 9.84 Å². The Balaban J connectivity index is 2.19. The van der Waals surface area contributed by atoms with E-state index >= 15 is 0 Å². The van der Waals surface area contributed by atoms with Gasteiger partial charge in [0.2, 0.25) is 0 Å². The SMILES string of the molecule is COC(C)CCC(O)c1cccc2ncccc12. The van der Waals surface area contributed by atoms with E-state index in [1.807, 2.05) is 37.3 Å². The maximum absolute atomic E-state index is 10.3. The molecule has 0 spiro atoms. The van der Waals surface area contributed by atoms with Crippen LogP contribution in [0.4, 0.5) is 0 Å². The lowest BCUT2D eigenvalue weighted by Gasteiger charge is -2.15. The molecule has 0 aliphatic heterocycles. The zero-order chi connectivity index (χ0) is 13.0. The summed E-state index contributed by atoms with van der Waals surface area (Å²) in [6, 6.07) is 9.76. The summed E-state index contributed by atoms with van der Waals surface area (Å²) in [5.41, 5.74) is 1.87. The summed E-state index contributed by atoms with van der Waals surface area (Å²) in [4.78, 5) is 4.30. The molecule has 1 N–H and O–H groups in total. The number of aromatic nitrogens is 1. The largest absolute Gasteiger partial charge is 0.388 e. The number of fused-ring (bicyclic) bond motifs is 1. The smallest absolute Gasteiger partial charge is 0.0797 e. The van der Waals surface area contributed by atoms with Gasteiger partial charge in [0.1, 0.15) is 0 Å². The molecule has 96 valence electrons. The molecule has 0 aliphatic rings. The highest BCUT2D eigenvalue weighted by Crippen LogP contribution is 2.26. The monoisotopic (exact) mass is 245 g/mol. The van der Waals surface area contributed by atoms with E-state index in [1.165, 1.54) is 0 Å². The van der Waals surface area contributed by atoms with Crippen molar-refractivity contribution in [1.82, 2.24) is 4.98 Å². The van der Waals surface area contributed by atoms with Crippen LogP contribution in [0.1, 0.15) is 31.4 Å². The molecule has 3 nitrogen and oxygen atoms in total. The highest BCUT2D eigenvalue weighted by atomic mass is 16.5. The zero-order valence-corrected chi connectivity index (χ0v) is 10.8. The Morgan fingerprint density at radius 1 is 1.22 bits per heavy atom. The summed E-state index contributed by atoms with van der Waals surface area (Å²) in [7, 11) is 1.69. The van der Waals surface area contributed by atoms with Crippen LogP contribution in [0, 0.1) is 0 Å². The first-order valence-corrected chi connectivity index (χ1v) is 6.27. The summed E-state index contributed by atoms with van der Waals surface area (Å²) < 4.78 is 5.20. The van der Waals surface area contributed by atoms with E-state index in [4.69, 9.17) is 4.74 Å². The number of rotatable bonds is 5. The highest BCUT2D eigenvalue weighted by Gasteiger charge is 2.12. The van der Waals surface area contributed by atoms with Crippen LogP contribution in [-0.4, -0.2) is 23.3 Å². The molecule has 2 aromatic rings. The van der Waals surface area contributed by atoms with Gasteiger partial charge in [0.25, 0.3) is 0 Å². The molecule has 0 bridgehead atoms. The first-order chi connectivity index (χ1) is 8.72. The van der Waals surface area contributed by atoms with Crippen molar-refractivity contribution in [2.24, 2.45) is 0 Å². The van der Waals surface area contributed by atoms with E-state index in [1.54, 1.807) is 13.3 Å². The van der Waals surface area contributed by atoms with Crippen LogP contribution in [0.3, 0.4) is 0 Å². The van der Waals surface area contributed by atoms with Crippen LogP contribution in [0.2, 0.25) is 0 Å². The standard InChI is InChI=1S/C15H19NO2/c1-11(18-2)8-9-15(17)13-5-3-7-14-12(13)6-4-10-16-14/h3-7,10-11,15,17H,8-9H2,1-2H3. The second kappa shape index (κ2) is 5.94. The van der Waals surface area contributed by atoms with Crippen LogP contribution >= 0.6 is 0 Å². The third-order valence-electron chi connectivity index (χ3n) is 3.29. The number of nitrogens with zero attached hydrogens (tertiary/aromatic N) is 1. The number of hydrogen-bond acceptors (Lipinski definition) is 3. The Bertz CT molecular complexity index is 507. The Morgan fingerprint density at radius 2 is 2.06 bits per heavy atom. The predicted molar refractivity (Wildman–Crippen MR) is 72.4 cm³/mol. The lowest BCUT2D eigenvalue weighted by molar-refractivity contribution is 0.0855. The van der Waals surface area contributed by atoms with Crippen molar-refractivity contribution in [2.45, 2.75) is 32.0 Å². The minimum Gasteiger partial charge on any atom is -0.388 e. The molecule has 0 amide bonds. The average Bonchev–Trinajstić information content (AvgIpc) is 2.43. The molecule has 2 atom stereocenters. The second-order valence-corrected chi connectivity index (χ2v) is 4.56. The van der Waals surface area contributed by atoms with E-state index in [9.17, 15) is 5.11 Å². The number of ether oxygens (including phenoxy) is 1. The maximum Gasteiger partial charge on any atom is 0.0797 e. The van der Waals surface area contributed by atoms with Gasteiger partial charge in [-0.3, -0.25) is 4.98 Å². The summed E-state index contributed by atoms with van der Waals surface area (Å²) in [5, 5.41) is 11.3.